The summed E-state index contributed by atoms with van der Waals surface area (Å²) in [6.07, 6.45) is -0.396. The molecule has 1 atom stereocenters. The van der Waals surface area contributed by atoms with E-state index in [1.165, 1.54) is 0 Å². The average molecular weight is 469 g/mol. The molecule has 1 aromatic carbocycles. The van der Waals surface area contributed by atoms with Gasteiger partial charge in [0.1, 0.15) is 19.3 Å². The number of esters is 1. The fraction of sp³-hybridized carbons (Fsp3) is 0.609. The number of thioether (sulfide) groups is 1. The lowest BCUT2D eigenvalue weighted by Gasteiger charge is -2.18. The Balaban J connectivity index is 1.79. The summed E-state index contributed by atoms with van der Waals surface area (Å²) in [4.78, 5) is 12.5. The summed E-state index contributed by atoms with van der Waals surface area (Å²) in [7, 11) is 0. The van der Waals surface area contributed by atoms with Gasteiger partial charge in [-0.25, -0.2) is 4.79 Å². The van der Waals surface area contributed by atoms with Gasteiger partial charge in [0.15, 0.2) is 0 Å². The van der Waals surface area contributed by atoms with Crippen molar-refractivity contribution in [3.63, 3.8) is 0 Å². The molecule has 0 bridgehead atoms. The van der Waals surface area contributed by atoms with Gasteiger partial charge < -0.3 is 33.5 Å². The van der Waals surface area contributed by atoms with Gasteiger partial charge in [-0.1, -0.05) is 24.0 Å². The summed E-state index contributed by atoms with van der Waals surface area (Å²) in [5.74, 6) is 6.40. The van der Waals surface area contributed by atoms with E-state index in [0.29, 0.717) is 76.5 Å². The molecule has 0 radical (unpaired) electrons. The Labute approximate surface area is 193 Å². The minimum atomic E-state index is -0.409. The minimum Gasteiger partial charge on any atom is -0.459 e. The molecule has 32 heavy (non-hydrogen) atoms. The lowest BCUT2D eigenvalue weighted by molar-refractivity contribution is -0.0689. The van der Waals surface area contributed by atoms with Crippen molar-refractivity contribution in [1.82, 2.24) is 0 Å². The number of hydrogen-bond acceptors (Lipinski definition) is 9. The molecule has 8 nitrogen and oxygen atoms in total. The summed E-state index contributed by atoms with van der Waals surface area (Å²) in [6.45, 7) is 3.95. The molecule has 1 unspecified atom stereocenters. The van der Waals surface area contributed by atoms with Crippen LogP contribution in [-0.2, 0) is 34.2 Å². The molecular weight excluding hydrogens is 436 g/mol. The highest BCUT2D eigenvalue weighted by atomic mass is 32.2. The van der Waals surface area contributed by atoms with Gasteiger partial charge in [0.25, 0.3) is 0 Å². The zero-order valence-electron chi connectivity index (χ0n) is 18.3. The zero-order chi connectivity index (χ0) is 22.7. The van der Waals surface area contributed by atoms with E-state index in [1.807, 2.05) is 18.2 Å². The summed E-state index contributed by atoms with van der Waals surface area (Å²) < 4.78 is 33.1. The molecule has 0 saturated carbocycles. The normalized spacial score (nSPS) is 19.1. The summed E-state index contributed by atoms with van der Waals surface area (Å²) in [5.41, 5.74) is 1.49. The molecule has 178 valence electrons. The number of carbonyl (C=O) groups is 1. The van der Waals surface area contributed by atoms with E-state index in [1.54, 1.807) is 17.8 Å². The van der Waals surface area contributed by atoms with Crippen molar-refractivity contribution < 1.29 is 38.3 Å². The van der Waals surface area contributed by atoms with E-state index in [-0.39, 0.29) is 13.2 Å². The summed E-state index contributed by atoms with van der Waals surface area (Å²) >= 11 is 1.61. The Hall–Kier alpha value is -1.64. The van der Waals surface area contributed by atoms with Crippen LogP contribution in [-0.4, -0.2) is 95.6 Å². The highest BCUT2D eigenvalue weighted by Gasteiger charge is 2.15. The van der Waals surface area contributed by atoms with Crippen molar-refractivity contribution in [1.29, 1.82) is 0 Å². The van der Waals surface area contributed by atoms with Crippen LogP contribution in [0.4, 0.5) is 0 Å². The molecule has 1 saturated heterocycles. The third-order valence-electron chi connectivity index (χ3n) is 4.21. The van der Waals surface area contributed by atoms with Gasteiger partial charge in [0, 0.05) is 5.75 Å². The number of aliphatic hydroxyl groups excluding tert-OH is 1. The molecule has 0 aliphatic carbocycles. The van der Waals surface area contributed by atoms with Gasteiger partial charge in [0.05, 0.1) is 70.8 Å². The molecule has 9 heteroatoms. The van der Waals surface area contributed by atoms with Crippen LogP contribution in [0.1, 0.15) is 15.9 Å². The molecule has 1 aliphatic heterocycles. The van der Waals surface area contributed by atoms with Crippen LogP contribution in [0.2, 0.25) is 0 Å². The van der Waals surface area contributed by atoms with Crippen molar-refractivity contribution in [2.75, 3.05) is 78.4 Å². The smallest absolute Gasteiger partial charge is 0.338 e. The van der Waals surface area contributed by atoms with Gasteiger partial charge in [-0.05, 0) is 17.7 Å². The van der Waals surface area contributed by atoms with Crippen LogP contribution < -0.4 is 0 Å². The molecule has 1 fully saturated rings. The van der Waals surface area contributed by atoms with Gasteiger partial charge >= 0.3 is 5.97 Å². The number of rotatable bonds is 6. The van der Waals surface area contributed by atoms with Gasteiger partial charge in [-0.2, -0.15) is 0 Å². The van der Waals surface area contributed by atoms with E-state index in [4.69, 9.17) is 33.5 Å². The molecule has 1 heterocycles. The monoisotopic (exact) mass is 468 g/mol. The second-order valence-electron chi connectivity index (χ2n) is 6.71. The van der Waals surface area contributed by atoms with Crippen LogP contribution in [0.15, 0.2) is 24.3 Å². The number of carbonyl (C=O) groups excluding carboxylic acids is 1. The Bertz CT molecular complexity index is 687. The second-order valence-corrected chi connectivity index (χ2v) is 7.69. The first-order chi connectivity index (χ1) is 15.8. The van der Waals surface area contributed by atoms with Crippen LogP contribution in [0.5, 0.6) is 0 Å². The first-order valence-corrected chi connectivity index (χ1v) is 11.8. The molecule has 2 rings (SSSR count). The number of benzene rings is 1. The van der Waals surface area contributed by atoms with Crippen LogP contribution in [0.25, 0.3) is 0 Å². The fourth-order valence-electron chi connectivity index (χ4n) is 2.66. The quantitative estimate of drug-likeness (QED) is 0.379. The maximum atomic E-state index is 12.5. The predicted octanol–water partition coefficient (Wildman–Crippen LogP) is 1.54. The Morgan fingerprint density at radius 1 is 1.00 bits per heavy atom. The lowest BCUT2D eigenvalue weighted by atomic mass is 10.1. The van der Waals surface area contributed by atoms with E-state index in [2.05, 4.69) is 11.8 Å². The molecule has 0 aromatic heterocycles. The van der Waals surface area contributed by atoms with E-state index in [0.717, 1.165) is 5.56 Å². The first-order valence-electron chi connectivity index (χ1n) is 10.6. The maximum absolute atomic E-state index is 12.5. The third-order valence-corrected chi connectivity index (χ3v) is 5.10. The van der Waals surface area contributed by atoms with Gasteiger partial charge in [0.2, 0.25) is 0 Å². The summed E-state index contributed by atoms with van der Waals surface area (Å²) in [6, 6.07) is 7.32. The maximum Gasteiger partial charge on any atom is 0.338 e. The standard InChI is InChI=1S/C23H32O8S/c24-6-1-2-15-32-19-20-4-3-5-21(16-20)23(25)31-18-22-17-29-12-11-27-8-7-26-9-10-28-13-14-30-22/h3-5,16,22,24H,6-15,17-19H2. The van der Waals surface area contributed by atoms with E-state index >= 15 is 0 Å². The van der Waals surface area contributed by atoms with Crippen molar-refractivity contribution in [3.8, 4) is 11.8 Å². The van der Waals surface area contributed by atoms with Gasteiger partial charge in [-0.3, -0.25) is 0 Å². The number of ether oxygens (including phenoxy) is 6. The molecule has 1 N–H and O–H groups in total. The van der Waals surface area contributed by atoms with Crippen molar-refractivity contribution >= 4 is 17.7 Å². The lowest BCUT2D eigenvalue weighted by Crippen LogP contribution is -2.29. The van der Waals surface area contributed by atoms with Crippen LogP contribution in [0, 0.1) is 11.8 Å². The van der Waals surface area contributed by atoms with Crippen molar-refractivity contribution in [2.24, 2.45) is 0 Å². The number of aliphatic hydroxyl groups is 1. The third kappa shape index (κ3) is 12.4. The molecule has 1 aromatic rings. The highest BCUT2D eigenvalue weighted by molar-refractivity contribution is 7.98. The number of hydrogen-bond donors (Lipinski definition) is 1. The SMILES string of the molecule is O=C(OCC1COCCOCCOCCOCCO1)c1cccc(CSCC#CCO)c1. The average Bonchev–Trinajstić information content (AvgIpc) is 2.82. The van der Waals surface area contributed by atoms with E-state index < -0.39 is 12.1 Å². The first kappa shape index (κ1) is 26.6. The summed E-state index contributed by atoms with van der Waals surface area (Å²) in [5, 5.41) is 8.67. The molecule has 0 spiro atoms. The van der Waals surface area contributed by atoms with Gasteiger partial charge in [-0.15, -0.1) is 11.8 Å². The minimum absolute atomic E-state index is 0.0819. The van der Waals surface area contributed by atoms with Crippen LogP contribution >= 0.6 is 11.8 Å². The topological polar surface area (TPSA) is 92.7 Å². The Morgan fingerprint density at radius 2 is 1.69 bits per heavy atom. The Morgan fingerprint density at radius 3 is 2.41 bits per heavy atom. The molecule has 1 aliphatic rings. The largest absolute Gasteiger partial charge is 0.459 e. The predicted molar refractivity (Wildman–Crippen MR) is 121 cm³/mol. The van der Waals surface area contributed by atoms with E-state index in [9.17, 15) is 4.79 Å². The van der Waals surface area contributed by atoms with Crippen LogP contribution in [0.3, 0.4) is 0 Å². The van der Waals surface area contributed by atoms with Crippen molar-refractivity contribution in [2.45, 2.75) is 11.9 Å². The second kappa shape index (κ2) is 17.9. The highest BCUT2D eigenvalue weighted by Crippen LogP contribution is 2.14. The molecule has 0 amide bonds. The zero-order valence-corrected chi connectivity index (χ0v) is 19.1. The Kier molecular flexibility index (Phi) is 14.9. The fourth-order valence-corrected chi connectivity index (χ4v) is 3.38. The van der Waals surface area contributed by atoms with Crippen molar-refractivity contribution in [3.05, 3.63) is 35.4 Å². The molecular formula is C23H32O8S.